The molecule has 0 aliphatic carbocycles. The van der Waals surface area contributed by atoms with Crippen LogP contribution in [0.1, 0.15) is 24.1 Å². The number of hydrogen-bond acceptors (Lipinski definition) is 4. The normalized spacial score (nSPS) is 17.0. The highest BCUT2D eigenvalue weighted by molar-refractivity contribution is 14.0. The Balaban J connectivity index is 0.00000243. The summed E-state index contributed by atoms with van der Waals surface area (Å²) < 4.78 is 0. The molecule has 0 spiro atoms. The quantitative estimate of drug-likeness (QED) is 0.351. The van der Waals surface area contributed by atoms with Gasteiger partial charge in [-0.05, 0) is 25.5 Å². The van der Waals surface area contributed by atoms with Gasteiger partial charge in [0.2, 0.25) is 0 Å². The second-order valence-corrected chi connectivity index (χ2v) is 8.54. The predicted molar refractivity (Wildman–Crippen MR) is 126 cm³/mol. The SMILES string of the molecule is CN=C(NCCc1csc(-c2ccc(C)cc2)n1)NCC1CCCS1.I. The van der Waals surface area contributed by atoms with E-state index in [4.69, 9.17) is 4.98 Å². The molecule has 0 amide bonds. The summed E-state index contributed by atoms with van der Waals surface area (Å²) in [5.74, 6) is 2.19. The minimum atomic E-state index is 0. The second-order valence-electron chi connectivity index (χ2n) is 6.27. The van der Waals surface area contributed by atoms with E-state index < -0.39 is 0 Å². The summed E-state index contributed by atoms with van der Waals surface area (Å²) in [5, 5.41) is 10.8. The molecular formula is C19H27IN4S2. The number of aliphatic imine (C=N–C) groups is 1. The lowest BCUT2D eigenvalue weighted by atomic mass is 10.2. The van der Waals surface area contributed by atoms with E-state index in [1.165, 1.54) is 29.7 Å². The number of benzene rings is 1. The van der Waals surface area contributed by atoms with Gasteiger partial charge >= 0.3 is 0 Å². The highest BCUT2D eigenvalue weighted by Crippen LogP contribution is 2.25. The van der Waals surface area contributed by atoms with Gasteiger partial charge in [-0.3, -0.25) is 4.99 Å². The molecule has 1 unspecified atom stereocenters. The van der Waals surface area contributed by atoms with Gasteiger partial charge in [0.05, 0.1) is 5.69 Å². The molecule has 1 atom stereocenters. The Morgan fingerprint density at radius 3 is 2.77 bits per heavy atom. The number of rotatable bonds is 6. The lowest BCUT2D eigenvalue weighted by Crippen LogP contribution is -2.40. The van der Waals surface area contributed by atoms with Crippen molar-refractivity contribution in [2.24, 2.45) is 4.99 Å². The van der Waals surface area contributed by atoms with E-state index in [0.717, 1.165) is 41.4 Å². The summed E-state index contributed by atoms with van der Waals surface area (Å²) in [6.45, 7) is 3.95. The van der Waals surface area contributed by atoms with Crippen molar-refractivity contribution in [3.8, 4) is 10.6 Å². The summed E-state index contributed by atoms with van der Waals surface area (Å²) in [6.07, 6.45) is 3.56. The maximum Gasteiger partial charge on any atom is 0.191 e. The molecule has 2 heterocycles. The van der Waals surface area contributed by atoms with Crippen LogP contribution in [-0.4, -0.2) is 42.1 Å². The number of nitrogens with one attached hydrogen (secondary N) is 2. The van der Waals surface area contributed by atoms with Crippen LogP contribution in [0.25, 0.3) is 10.6 Å². The van der Waals surface area contributed by atoms with Crippen LogP contribution in [0.4, 0.5) is 0 Å². The van der Waals surface area contributed by atoms with Crippen LogP contribution in [0.3, 0.4) is 0 Å². The molecular weight excluding hydrogens is 475 g/mol. The van der Waals surface area contributed by atoms with E-state index in [9.17, 15) is 0 Å². The standard InChI is InChI=1S/C19H26N4S2.HI/c1-14-5-7-15(8-6-14)18-23-16(13-25-18)9-10-21-19(20-2)22-12-17-4-3-11-24-17;/h5-8,13,17H,3-4,9-12H2,1-2H3,(H2,20,21,22);1H. The molecule has 1 fully saturated rings. The number of nitrogens with zero attached hydrogens (tertiary/aromatic N) is 2. The first kappa shape index (κ1) is 21.5. The molecule has 1 aromatic heterocycles. The van der Waals surface area contributed by atoms with Gasteiger partial charge in [0, 0.05) is 42.8 Å². The zero-order chi connectivity index (χ0) is 17.5. The molecule has 2 aromatic rings. The minimum absolute atomic E-state index is 0. The molecule has 7 heteroatoms. The summed E-state index contributed by atoms with van der Waals surface area (Å²) >= 11 is 3.78. The van der Waals surface area contributed by atoms with Crippen molar-refractivity contribution in [1.82, 2.24) is 15.6 Å². The zero-order valence-electron chi connectivity index (χ0n) is 15.3. The molecule has 1 aliphatic heterocycles. The van der Waals surface area contributed by atoms with E-state index in [1.54, 1.807) is 11.3 Å². The molecule has 3 rings (SSSR count). The van der Waals surface area contributed by atoms with Crippen molar-refractivity contribution in [2.75, 3.05) is 25.9 Å². The lowest BCUT2D eigenvalue weighted by molar-refractivity contribution is 0.723. The van der Waals surface area contributed by atoms with Crippen molar-refractivity contribution >= 4 is 53.0 Å². The van der Waals surface area contributed by atoms with Crippen LogP contribution >= 0.6 is 47.1 Å². The van der Waals surface area contributed by atoms with Crippen molar-refractivity contribution in [3.05, 3.63) is 40.9 Å². The number of thiazole rings is 1. The van der Waals surface area contributed by atoms with E-state index in [-0.39, 0.29) is 24.0 Å². The van der Waals surface area contributed by atoms with E-state index >= 15 is 0 Å². The fourth-order valence-electron chi connectivity index (χ4n) is 2.80. The van der Waals surface area contributed by atoms with Gasteiger partial charge in [0.15, 0.2) is 5.96 Å². The van der Waals surface area contributed by atoms with Gasteiger partial charge in [-0.15, -0.1) is 35.3 Å². The monoisotopic (exact) mass is 502 g/mol. The molecule has 4 nitrogen and oxygen atoms in total. The Morgan fingerprint density at radius 1 is 1.27 bits per heavy atom. The predicted octanol–water partition coefficient (Wildman–Crippen LogP) is 4.34. The summed E-state index contributed by atoms with van der Waals surface area (Å²) in [4.78, 5) is 9.07. The van der Waals surface area contributed by atoms with Crippen LogP contribution in [0.2, 0.25) is 0 Å². The summed E-state index contributed by atoms with van der Waals surface area (Å²) in [7, 11) is 1.83. The fraction of sp³-hybridized carbons (Fsp3) is 0.474. The number of guanidine groups is 1. The van der Waals surface area contributed by atoms with Crippen molar-refractivity contribution < 1.29 is 0 Å². The van der Waals surface area contributed by atoms with Gasteiger partial charge in [0.25, 0.3) is 0 Å². The van der Waals surface area contributed by atoms with Crippen LogP contribution in [0.5, 0.6) is 0 Å². The Morgan fingerprint density at radius 2 is 2.08 bits per heavy atom. The van der Waals surface area contributed by atoms with Crippen molar-refractivity contribution in [3.63, 3.8) is 0 Å². The third-order valence-electron chi connectivity index (χ3n) is 4.27. The minimum Gasteiger partial charge on any atom is -0.356 e. The van der Waals surface area contributed by atoms with Gasteiger partial charge in [-0.1, -0.05) is 29.8 Å². The topological polar surface area (TPSA) is 49.3 Å². The maximum absolute atomic E-state index is 4.76. The maximum atomic E-state index is 4.76. The Hall–Kier alpha value is -0.800. The molecule has 1 aromatic carbocycles. The van der Waals surface area contributed by atoms with E-state index in [1.807, 2.05) is 7.05 Å². The van der Waals surface area contributed by atoms with Gasteiger partial charge in [-0.2, -0.15) is 11.8 Å². The first-order valence-corrected chi connectivity index (χ1v) is 10.7. The van der Waals surface area contributed by atoms with Crippen molar-refractivity contribution in [1.29, 1.82) is 0 Å². The van der Waals surface area contributed by atoms with E-state index in [2.05, 4.69) is 64.0 Å². The number of thioether (sulfide) groups is 1. The van der Waals surface area contributed by atoms with Crippen LogP contribution in [0, 0.1) is 6.92 Å². The fourth-order valence-corrected chi connectivity index (χ4v) is 4.86. The molecule has 0 saturated carbocycles. The molecule has 26 heavy (non-hydrogen) atoms. The second kappa shape index (κ2) is 11.1. The van der Waals surface area contributed by atoms with Gasteiger partial charge in [-0.25, -0.2) is 4.98 Å². The average molecular weight is 502 g/mol. The van der Waals surface area contributed by atoms with Crippen LogP contribution in [-0.2, 0) is 6.42 Å². The molecule has 2 N–H and O–H groups in total. The first-order chi connectivity index (χ1) is 12.2. The first-order valence-electron chi connectivity index (χ1n) is 8.82. The third-order valence-corrected chi connectivity index (χ3v) is 6.61. The molecule has 1 aliphatic rings. The van der Waals surface area contributed by atoms with Crippen molar-refractivity contribution in [2.45, 2.75) is 31.4 Å². The Bertz CT molecular complexity index is 694. The molecule has 0 radical (unpaired) electrons. The van der Waals surface area contributed by atoms with E-state index in [0.29, 0.717) is 0 Å². The Kier molecular flexibility index (Phi) is 9.21. The van der Waals surface area contributed by atoms with Gasteiger partial charge < -0.3 is 10.6 Å². The van der Waals surface area contributed by atoms with Gasteiger partial charge in [0.1, 0.15) is 5.01 Å². The third kappa shape index (κ3) is 6.42. The summed E-state index contributed by atoms with van der Waals surface area (Å²) in [6, 6.07) is 8.55. The Labute approximate surface area is 181 Å². The van der Waals surface area contributed by atoms with Crippen LogP contribution in [0.15, 0.2) is 34.6 Å². The van der Waals surface area contributed by atoms with Crippen LogP contribution < -0.4 is 10.6 Å². The number of halogens is 1. The highest BCUT2D eigenvalue weighted by Gasteiger charge is 2.15. The number of hydrogen-bond donors (Lipinski definition) is 2. The lowest BCUT2D eigenvalue weighted by Gasteiger charge is -2.14. The highest BCUT2D eigenvalue weighted by atomic mass is 127. The largest absolute Gasteiger partial charge is 0.356 e. The smallest absolute Gasteiger partial charge is 0.191 e. The molecule has 142 valence electrons. The summed E-state index contributed by atoms with van der Waals surface area (Å²) in [5.41, 5.74) is 3.61. The molecule has 1 saturated heterocycles. The number of aromatic nitrogens is 1. The average Bonchev–Trinajstić information content (AvgIpc) is 3.30. The zero-order valence-corrected chi connectivity index (χ0v) is 19.3. The molecule has 0 bridgehead atoms. The number of aryl methyl sites for hydroxylation is 1.